The lowest BCUT2D eigenvalue weighted by atomic mass is 10.00. The van der Waals surface area contributed by atoms with E-state index >= 15 is 0 Å². The highest BCUT2D eigenvalue weighted by molar-refractivity contribution is 7.80. The summed E-state index contributed by atoms with van der Waals surface area (Å²) >= 11 is 11.2. The average Bonchev–Trinajstić information content (AvgIpc) is 2.37. The first-order valence-electron chi connectivity index (χ1n) is 6.68. The molecule has 0 saturated carbocycles. The van der Waals surface area contributed by atoms with Gasteiger partial charge in [0.15, 0.2) is 5.11 Å². The molecule has 0 aromatic heterocycles. The van der Waals surface area contributed by atoms with Gasteiger partial charge in [0.25, 0.3) is 0 Å². The molecule has 2 N–H and O–H groups in total. The summed E-state index contributed by atoms with van der Waals surface area (Å²) in [4.78, 5) is 0. The van der Waals surface area contributed by atoms with Crippen LogP contribution in [-0.4, -0.2) is 22.2 Å². The largest absolute Gasteiger partial charge is 0.332 e. The van der Waals surface area contributed by atoms with Crippen molar-refractivity contribution in [3.05, 3.63) is 29.3 Å². The number of nitrogens with zero attached hydrogens (tertiary/aromatic N) is 1. The lowest BCUT2D eigenvalue weighted by Gasteiger charge is -2.39. The van der Waals surface area contributed by atoms with E-state index in [0.717, 1.165) is 10.7 Å². The highest BCUT2D eigenvalue weighted by Gasteiger charge is 2.25. The van der Waals surface area contributed by atoms with Gasteiger partial charge in [-0.1, -0.05) is 18.0 Å². The van der Waals surface area contributed by atoms with E-state index in [1.807, 2.05) is 24.3 Å². The van der Waals surface area contributed by atoms with Crippen molar-refractivity contribution < 1.29 is 0 Å². The average molecular weight is 298 g/mol. The zero-order chi connectivity index (χ0) is 13.8. The van der Waals surface area contributed by atoms with Crippen LogP contribution in [-0.2, 0) is 0 Å². The molecule has 0 unspecified atom stereocenters. The molecule has 2 atom stereocenters. The molecule has 0 amide bonds. The van der Waals surface area contributed by atoms with Crippen molar-refractivity contribution in [1.29, 1.82) is 0 Å². The number of hydrogen-bond acceptors (Lipinski definition) is 2. The van der Waals surface area contributed by atoms with Crippen molar-refractivity contribution in [2.75, 3.05) is 5.32 Å². The second-order valence-corrected chi connectivity index (χ2v) is 5.95. The van der Waals surface area contributed by atoms with Crippen molar-refractivity contribution in [3.63, 3.8) is 0 Å². The SMILES string of the molecule is C[C@@H]1CCC[C@H](C)N1NC(=S)Nc1ccc(Cl)cc1. The molecule has 1 aromatic carbocycles. The van der Waals surface area contributed by atoms with Gasteiger partial charge in [-0.15, -0.1) is 0 Å². The number of rotatable bonds is 2. The molecule has 1 heterocycles. The van der Waals surface area contributed by atoms with E-state index in [4.69, 9.17) is 23.8 Å². The number of anilines is 1. The van der Waals surface area contributed by atoms with Crippen LogP contribution in [0.25, 0.3) is 0 Å². The summed E-state index contributed by atoms with van der Waals surface area (Å²) in [6.07, 6.45) is 3.71. The Morgan fingerprint density at radius 1 is 1.21 bits per heavy atom. The molecule has 5 heteroatoms. The quantitative estimate of drug-likeness (QED) is 0.812. The Morgan fingerprint density at radius 3 is 2.37 bits per heavy atom. The van der Waals surface area contributed by atoms with Crippen LogP contribution in [0.1, 0.15) is 33.1 Å². The summed E-state index contributed by atoms with van der Waals surface area (Å²) < 4.78 is 0. The number of nitrogens with one attached hydrogen (secondary N) is 2. The third kappa shape index (κ3) is 4.06. The van der Waals surface area contributed by atoms with E-state index in [2.05, 4.69) is 29.6 Å². The Balaban J connectivity index is 1.91. The van der Waals surface area contributed by atoms with Crippen LogP contribution in [0.3, 0.4) is 0 Å². The third-order valence-electron chi connectivity index (χ3n) is 3.53. The first kappa shape index (κ1) is 14.6. The zero-order valence-electron chi connectivity index (χ0n) is 11.3. The number of hydrogen-bond donors (Lipinski definition) is 2. The minimum Gasteiger partial charge on any atom is -0.332 e. The second kappa shape index (κ2) is 6.55. The van der Waals surface area contributed by atoms with Gasteiger partial charge in [0.1, 0.15) is 0 Å². The van der Waals surface area contributed by atoms with Crippen LogP contribution in [0.2, 0.25) is 5.02 Å². The van der Waals surface area contributed by atoms with Gasteiger partial charge in [-0.2, -0.15) is 0 Å². The maximum Gasteiger partial charge on any atom is 0.185 e. The third-order valence-corrected chi connectivity index (χ3v) is 3.97. The van der Waals surface area contributed by atoms with Crippen LogP contribution in [0.15, 0.2) is 24.3 Å². The van der Waals surface area contributed by atoms with Gasteiger partial charge in [-0.05, 0) is 63.2 Å². The predicted octanol–water partition coefficient (Wildman–Crippen LogP) is 3.80. The fourth-order valence-electron chi connectivity index (χ4n) is 2.45. The number of thiocarbonyl (C=S) groups is 1. The number of halogens is 1. The molecule has 1 fully saturated rings. The van der Waals surface area contributed by atoms with E-state index in [9.17, 15) is 0 Å². The summed E-state index contributed by atoms with van der Waals surface area (Å²) in [5.41, 5.74) is 4.25. The van der Waals surface area contributed by atoms with Crippen molar-refractivity contribution >= 4 is 34.6 Å². The van der Waals surface area contributed by atoms with Gasteiger partial charge in [0, 0.05) is 22.8 Å². The molecule has 3 nitrogen and oxygen atoms in total. The summed E-state index contributed by atoms with van der Waals surface area (Å²) in [7, 11) is 0. The molecule has 1 aliphatic rings. The van der Waals surface area contributed by atoms with Gasteiger partial charge < -0.3 is 5.32 Å². The van der Waals surface area contributed by atoms with E-state index in [0.29, 0.717) is 17.2 Å². The van der Waals surface area contributed by atoms with Crippen molar-refractivity contribution in [1.82, 2.24) is 10.4 Å². The maximum atomic E-state index is 5.86. The molecule has 0 radical (unpaired) electrons. The summed E-state index contributed by atoms with van der Waals surface area (Å²) in [5, 5.41) is 6.77. The lowest BCUT2D eigenvalue weighted by molar-refractivity contribution is 0.0750. The molecular weight excluding hydrogens is 278 g/mol. The Morgan fingerprint density at radius 2 is 1.79 bits per heavy atom. The van der Waals surface area contributed by atoms with Crippen molar-refractivity contribution in [2.24, 2.45) is 0 Å². The first-order chi connectivity index (χ1) is 9.06. The van der Waals surface area contributed by atoms with Gasteiger partial charge in [-0.3, -0.25) is 5.43 Å². The smallest absolute Gasteiger partial charge is 0.185 e. The van der Waals surface area contributed by atoms with Gasteiger partial charge in [-0.25, -0.2) is 5.01 Å². The Hall–Kier alpha value is -0.840. The number of piperidine rings is 1. The van der Waals surface area contributed by atoms with Crippen LogP contribution >= 0.6 is 23.8 Å². The minimum absolute atomic E-state index is 0.508. The van der Waals surface area contributed by atoms with Crippen LogP contribution in [0.5, 0.6) is 0 Å². The molecule has 1 aromatic rings. The molecule has 0 spiro atoms. The predicted molar refractivity (Wildman–Crippen MR) is 85.4 cm³/mol. The standard InChI is InChI=1S/C14H20ClN3S/c1-10-4-3-5-11(2)18(10)17-14(19)16-13-8-6-12(15)7-9-13/h6-11H,3-5H2,1-2H3,(H2,16,17,19)/t10-,11+. The summed E-state index contributed by atoms with van der Waals surface area (Å²) in [5.74, 6) is 0. The first-order valence-corrected chi connectivity index (χ1v) is 7.46. The Labute approximate surface area is 125 Å². The van der Waals surface area contributed by atoms with Gasteiger partial charge >= 0.3 is 0 Å². The van der Waals surface area contributed by atoms with Crippen molar-refractivity contribution in [2.45, 2.75) is 45.2 Å². The highest BCUT2D eigenvalue weighted by Crippen LogP contribution is 2.20. The molecule has 1 aliphatic heterocycles. The molecule has 0 bridgehead atoms. The fourth-order valence-corrected chi connectivity index (χ4v) is 2.80. The summed E-state index contributed by atoms with van der Waals surface area (Å²) in [6.45, 7) is 4.46. The molecular formula is C14H20ClN3S. The molecule has 1 saturated heterocycles. The minimum atomic E-state index is 0.508. The molecule has 0 aliphatic carbocycles. The lowest BCUT2D eigenvalue weighted by Crippen LogP contribution is -2.55. The van der Waals surface area contributed by atoms with Gasteiger partial charge in [0.05, 0.1) is 0 Å². The van der Waals surface area contributed by atoms with E-state index < -0.39 is 0 Å². The van der Waals surface area contributed by atoms with Crippen LogP contribution < -0.4 is 10.7 Å². The Kier molecular flexibility index (Phi) is 5.02. The van der Waals surface area contributed by atoms with Crippen molar-refractivity contribution in [3.8, 4) is 0 Å². The molecule has 104 valence electrons. The van der Waals surface area contributed by atoms with Gasteiger partial charge in [0.2, 0.25) is 0 Å². The number of hydrazine groups is 1. The topological polar surface area (TPSA) is 27.3 Å². The Bertz CT molecular complexity index is 425. The second-order valence-electron chi connectivity index (χ2n) is 5.11. The fraction of sp³-hybridized carbons (Fsp3) is 0.500. The van der Waals surface area contributed by atoms with E-state index in [-0.39, 0.29) is 0 Å². The zero-order valence-corrected chi connectivity index (χ0v) is 12.9. The molecule has 2 rings (SSSR count). The van der Waals surface area contributed by atoms with E-state index in [1.54, 1.807) is 0 Å². The summed E-state index contributed by atoms with van der Waals surface area (Å²) in [6, 6.07) is 8.54. The molecule has 19 heavy (non-hydrogen) atoms. The van der Waals surface area contributed by atoms with E-state index in [1.165, 1.54) is 19.3 Å². The normalized spacial score (nSPS) is 23.9. The van der Waals surface area contributed by atoms with Crippen LogP contribution in [0, 0.1) is 0 Å². The highest BCUT2D eigenvalue weighted by atomic mass is 35.5. The monoisotopic (exact) mass is 297 g/mol. The van der Waals surface area contributed by atoms with Crippen LogP contribution in [0.4, 0.5) is 5.69 Å². The maximum absolute atomic E-state index is 5.86. The number of benzene rings is 1.